The summed E-state index contributed by atoms with van der Waals surface area (Å²) in [4.78, 5) is 16.2. The molecule has 0 aliphatic carbocycles. The molecule has 118 valence electrons. The van der Waals surface area contributed by atoms with E-state index in [1.54, 1.807) is 23.2 Å². The highest BCUT2D eigenvalue weighted by Gasteiger charge is 2.07. The van der Waals surface area contributed by atoms with Crippen LogP contribution in [0.4, 0.5) is 0 Å². The van der Waals surface area contributed by atoms with Crippen LogP contribution in [0.3, 0.4) is 0 Å². The number of benzene rings is 1. The van der Waals surface area contributed by atoms with Crippen molar-refractivity contribution in [2.24, 2.45) is 0 Å². The van der Waals surface area contributed by atoms with Gasteiger partial charge in [0.1, 0.15) is 12.3 Å². The van der Waals surface area contributed by atoms with E-state index in [1.807, 2.05) is 30.3 Å². The molecule has 0 spiro atoms. The second-order valence-corrected chi connectivity index (χ2v) is 5.20. The SMILES string of the molecule is O=C(Cn1cnc2ccccc21)NNC(=S)NCc1ccco1. The topological polar surface area (TPSA) is 84.1 Å². The Balaban J connectivity index is 1.47. The molecule has 0 saturated carbocycles. The highest BCUT2D eigenvalue weighted by molar-refractivity contribution is 7.80. The molecule has 8 heteroatoms. The molecule has 3 aromatic rings. The molecular weight excluding hydrogens is 314 g/mol. The second-order valence-electron chi connectivity index (χ2n) is 4.80. The lowest BCUT2D eigenvalue weighted by Crippen LogP contribution is -2.47. The van der Waals surface area contributed by atoms with E-state index in [9.17, 15) is 4.79 Å². The van der Waals surface area contributed by atoms with Gasteiger partial charge in [0.05, 0.1) is 30.2 Å². The highest BCUT2D eigenvalue weighted by atomic mass is 32.1. The van der Waals surface area contributed by atoms with Gasteiger partial charge in [-0.25, -0.2) is 4.98 Å². The van der Waals surface area contributed by atoms with Crippen LogP contribution in [0.25, 0.3) is 11.0 Å². The van der Waals surface area contributed by atoms with Crippen LogP contribution < -0.4 is 16.2 Å². The number of hydrogen-bond acceptors (Lipinski definition) is 4. The zero-order valence-corrected chi connectivity index (χ0v) is 13.0. The van der Waals surface area contributed by atoms with Gasteiger partial charge in [-0.2, -0.15) is 0 Å². The number of nitrogens with one attached hydrogen (secondary N) is 3. The van der Waals surface area contributed by atoms with E-state index in [2.05, 4.69) is 21.2 Å². The largest absolute Gasteiger partial charge is 0.467 e. The van der Waals surface area contributed by atoms with Crippen molar-refractivity contribution in [3.63, 3.8) is 0 Å². The second kappa shape index (κ2) is 6.93. The first-order chi connectivity index (χ1) is 11.2. The van der Waals surface area contributed by atoms with Crippen LogP contribution >= 0.6 is 12.2 Å². The van der Waals surface area contributed by atoms with Gasteiger partial charge in [0, 0.05) is 0 Å². The summed E-state index contributed by atoms with van der Waals surface area (Å²) in [6, 6.07) is 11.3. The Morgan fingerprint density at radius 1 is 1.22 bits per heavy atom. The maximum absolute atomic E-state index is 12.0. The van der Waals surface area contributed by atoms with Crippen molar-refractivity contribution in [1.29, 1.82) is 0 Å². The molecule has 7 nitrogen and oxygen atoms in total. The van der Waals surface area contributed by atoms with Crippen LogP contribution in [0.1, 0.15) is 5.76 Å². The first kappa shape index (κ1) is 15.0. The summed E-state index contributed by atoms with van der Waals surface area (Å²) in [5.74, 6) is 0.528. The quantitative estimate of drug-likeness (QED) is 0.495. The van der Waals surface area contributed by atoms with Gasteiger partial charge >= 0.3 is 0 Å². The van der Waals surface area contributed by atoms with Crippen LogP contribution in [0.5, 0.6) is 0 Å². The van der Waals surface area contributed by atoms with Crippen molar-refractivity contribution in [2.45, 2.75) is 13.1 Å². The number of fused-ring (bicyclic) bond motifs is 1. The van der Waals surface area contributed by atoms with Crippen molar-refractivity contribution in [3.8, 4) is 0 Å². The number of thiocarbonyl (C=S) groups is 1. The molecular formula is C15H15N5O2S. The molecule has 0 aliphatic heterocycles. The van der Waals surface area contributed by atoms with Gasteiger partial charge in [0.25, 0.3) is 5.91 Å². The van der Waals surface area contributed by atoms with Crippen molar-refractivity contribution in [3.05, 3.63) is 54.7 Å². The Hall–Kier alpha value is -2.87. The standard InChI is InChI=1S/C15H15N5O2S/c21-14(9-20-10-17-12-5-1-2-6-13(12)20)18-19-15(23)16-8-11-4-3-7-22-11/h1-7,10H,8-9H2,(H,18,21)(H2,16,19,23). The monoisotopic (exact) mass is 329 g/mol. The van der Waals surface area contributed by atoms with Crippen LogP contribution in [-0.2, 0) is 17.9 Å². The molecule has 1 aromatic carbocycles. The molecule has 3 rings (SSSR count). The molecule has 0 unspecified atom stereocenters. The van der Waals surface area contributed by atoms with Crippen molar-refractivity contribution in [2.75, 3.05) is 0 Å². The van der Waals surface area contributed by atoms with E-state index in [-0.39, 0.29) is 12.5 Å². The number of amides is 1. The van der Waals surface area contributed by atoms with Gasteiger partial charge in [-0.3, -0.25) is 15.6 Å². The summed E-state index contributed by atoms with van der Waals surface area (Å²) in [5, 5.41) is 3.23. The molecule has 0 aliphatic rings. The molecule has 0 bridgehead atoms. The van der Waals surface area contributed by atoms with Gasteiger partial charge in [-0.15, -0.1) is 0 Å². The number of carbonyl (C=O) groups excluding carboxylic acids is 1. The summed E-state index contributed by atoms with van der Waals surface area (Å²) in [7, 11) is 0. The average Bonchev–Trinajstić information content (AvgIpc) is 3.21. The van der Waals surface area contributed by atoms with Gasteiger partial charge in [0.2, 0.25) is 0 Å². The Labute approximate surface area is 137 Å². The number of hydrogen-bond donors (Lipinski definition) is 3. The molecule has 0 atom stereocenters. The number of carbonyl (C=O) groups is 1. The number of rotatable bonds is 4. The van der Waals surface area contributed by atoms with Crippen molar-refractivity contribution >= 4 is 34.3 Å². The van der Waals surface area contributed by atoms with E-state index in [1.165, 1.54) is 0 Å². The summed E-state index contributed by atoms with van der Waals surface area (Å²) in [5.41, 5.74) is 6.95. The minimum atomic E-state index is -0.227. The minimum Gasteiger partial charge on any atom is -0.467 e. The van der Waals surface area contributed by atoms with Gasteiger partial charge in [-0.05, 0) is 36.5 Å². The normalized spacial score (nSPS) is 10.4. The summed E-state index contributed by atoms with van der Waals surface area (Å²) >= 11 is 5.07. The predicted molar refractivity (Wildman–Crippen MR) is 89.2 cm³/mol. The first-order valence-corrected chi connectivity index (χ1v) is 7.38. The molecule has 0 saturated heterocycles. The lowest BCUT2D eigenvalue weighted by Gasteiger charge is -2.11. The van der Waals surface area contributed by atoms with Crippen LogP contribution in [-0.4, -0.2) is 20.6 Å². The molecule has 0 radical (unpaired) electrons. The minimum absolute atomic E-state index is 0.147. The van der Waals surface area contributed by atoms with E-state index in [0.29, 0.717) is 11.7 Å². The molecule has 23 heavy (non-hydrogen) atoms. The number of hydrazine groups is 1. The van der Waals surface area contributed by atoms with E-state index in [0.717, 1.165) is 16.8 Å². The number of furan rings is 1. The van der Waals surface area contributed by atoms with Crippen molar-refractivity contribution < 1.29 is 9.21 Å². The lowest BCUT2D eigenvalue weighted by atomic mass is 10.3. The number of aromatic nitrogens is 2. The number of imidazole rings is 1. The number of para-hydroxylation sites is 2. The Bertz CT molecular complexity index is 812. The smallest absolute Gasteiger partial charge is 0.258 e. The predicted octanol–water partition coefficient (Wildman–Crippen LogP) is 1.32. The molecule has 0 fully saturated rings. The third kappa shape index (κ3) is 3.86. The Morgan fingerprint density at radius 3 is 2.91 bits per heavy atom. The van der Waals surface area contributed by atoms with Gasteiger partial charge in [0.15, 0.2) is 5.11 Å². The van der Waals surface area contributed by atoms with Crippen molar-refractivity contribution in [1.82, 2.24) is 25.7 Å². The zero-order chi connectivity index (χ0) is 16.1. The van der Waals surface area contributed by atoms with E-state index in [4.69, 9.17) is 16.6 Å². The fourth-order valence-electron chi connectivity index (χ4n) is 2.08. The third-order valence-corrected chi connectivity index (χ3v) is 3.41. The molecule has 2 aromatic heterocycles. The molecule has 1 amide bonds. The zero-order valence-electron chi connectivity index (χ0n) is 12.2. The average molecular weight is 329 g/mol. The van der Waals surface area contributed by atoms with Gasteiger partial charge in [-0.1, -0.05) is 12.1 Å². The lowest BCUT2D eigenvalue weighted by molar-refractivity contribution is -0.122. The van der Waals surface area contributed by atoms with Crippen LogP contribution in [0.2, 0.25) is 0 Å². The summed E-state index contributed by atoms with van der Waals surface area (Å²) < 4.78 is 6.94. The summed E-state index contributed by atoms with van der Waals surface area (Å²) in [6.07, 6.45) is 3.22. The Kier molecular flexibility index (Phi) is 4.53. The maximum Gasteiger partial charge on any atom is 0.258 e. The Morgan fingerprint density at radius 2 is 2.09 bits per heavy atom. The molecule has 2 heterocycles. The van der Waals surface area contributed by atoms with Crippen LogP contribution in [0.15, 0.2) is 53.4 Å². The van der Waals surface area contributed by atoms with E-state index >= 15 is 0 Å². The van der Waals surface area contributed by atoms with Crippen LogP contribution in [0, 0.1) is 0 Å². The third-order valence-electron chi connectivity index (χ3n) is 3.16. The first-order valence-electron chi connectivity index (χ1n) is 6.97. The van der Waals surface area contributed by atoms with Gasteiger partial charge < -0.3 is 14.3 Å². The van der Waals surface area contributed by atoms with E-state index < -0.39 is 0 Å². The fourth-order valence-corrected chi connectivity index (χ4v) is 2.20. The molecule has 3 N–H and O–H groups in total. The number of nitrogens with zero attached hydrogens (tertiary/aromatic N) is 2. The summed E-state index contributed by atoms with van der Waals surface area (Å²) in [6.45, 7) is 0.592. The maximum atomic E-state index is 12.0. The highest BCUT2D eigenvalue weighted by Crippen LogP contribution is 2.11. The fraction of sp³-hybridized carbons (Fsp3) is 0.133.